The summed E-state index contributed by atoms with van der Waals surface area (Å²) in [4.78, 5) is 20.0. The van der Waals surface area contributed by atoms with E-state index in [1.807, 2.05) is 0 Å². The first-order chi connectivity index (χ1) is 21.0. The van der Waals surface area contributed by atoms with E-state index in [4.69, 9.17) is 4.74 Å². The van der Waals surface area contributed by atoms with Crippen molar-refractivity contribution in [1.82, 2.24) is 24.8 Å². The van der Waals surface area contributed by atoms with E-state index in [2.05, 4.69) is 47.3 Å². The van der Waals surface area contributed by atoms with Gasteiger partial charge in [0.2, 0.25) is 0 Å². The van der Waals surface area contributed by atoms with Crippen molar-refractivity contribution in [2.24, 2.45) is 0 Å². The predicted molar refractivity (Wildman–Crippen MR) is 165 cm³/mol. The van der Waals surface area contributed by atoms with E-state index >= 15 is 4.39 Å². The quantitative estimate of drug-likeness (QED) is 0.277. The van der Waals surface area contributed by atoms with Gasteiger partial charge in [-0.25, -0.2) is 18.7 Å². The van der Waals surface area contributed by atoms with Crippen molar-refractivity contribution in [3.63, 3.8) is 0 Å². The molecule has 0 radical (unpaired) electrons. The van der Waals surface area contributed by atoms with Gasteiger partial charge in [0.05, 0.1) is 24.2 Å². The number of ether oxygens (including phenoxy) is 1. The SMILES string of the molecule is COc1cc(N2CCC(N3CCN(C)CC3)CC2)c(F)cc1Nc1cc(Nc2ccnc(-c3ccccc3F)c2)ncn1. The molecule has 11 heteroatoms. The average molecular weight is 587 g/mol. The summed E-state index contributed by atoms with van der Waals surface area (Å²) >= 11 is 0. The van der Waals surface area contributed by atoms with Crippen molar-refractivity contribution >= 4 is 28.7 Å². The fraction of sp³-hybridized carbons (Fsp3) is 0.344. The fourth-order valence-corrected chi connectivity index (χ4v) is 5.81. The molecule has 9 nitrogen and oxygen atoms in total. The number of pyridine rings is 1. The predicted octanol–water partition coefficient (Wildman–Crippen LogP) is 5.53. The highest BCUT2D eigenvalue weighted by molar-refractivity contribution is 5.72. The fourth-order valence-electron chi connectivity index (χ4n) is 5.81. The molecule has 43 heavy (non-hydrogen) atoms. The molecule has 0 unspecified atom stereocenters. The second-order valence-electron chi connectivity index (χ2n) is 11.0. The van der Waals surface area contributed by atoms with Gasteiger partial charge in [0.15, 0.2) is 0 Å². The minimum absolute atomic E-state index is 0.314. The lowest BCUT2D eigenvalue weighted by Gasteiger charge is -2.42. The lowest BCUT2D eigenvalue weighted by atomic mass is 10.0. The van der Waals surface area contributed by atoms with Crippen LogP contribution in [0.25, 0.3) is 11.3 Å². The van der Waals surface area contributed by atoms with Crippen molar-refractivity contribution in [2.75, 3.05) is 69.0 Å². The molecule has 0 bridgehead atoms. The number of hydrogen-bond donors (Lipinski definition) is 2. The number of hydrogen-bond acceptors (Lipinski definition) is 9. The van der Waals surface area contributed by atoms with E-state index in [1.165, 1.54) is 18.5 Å². The van der Waals surface area contributed by atoms with Crippen LogP contribution in [0.5, 0.6) is 5.75 Å². The van der Waals surface area contributed by atoms with Gasteiger partial charge in [-0.15, -0.1) is 0 Å². The smallest absolute Gasteiger partial charge is 0.148 e. The number of benzene rings is 2. The van der Waals surface area contributed by atoms with Crippen molar-refractivity contribution in [3.8, 4) is 17.0 Å². The highest BCUT2D eigenvalue weighted by Gasteiger charge is 2.28. The lowest BCUT2D eigenvalue weighted by Crippen LogP contribution is -2.52. The summed E-state index contributed by atoms with van der Waals surface area (Å²) in [6.07, 6.45) is 5.04. The highest BCUT2D eigenvalue weighted by Crippen LogP contribution is 2.36. The molecule has 2 aromatic heterocycles. The first-order valence-corrected chi connectivity index (χ1v) is 14.6. The molecule has 2 N–H and O–H groups in total. The highest BCUT2D eigenvalue weighted by atomic mass is 19.1. The first kappa shape index (κ1) is 28.8. The zero-order valence-corrected chi connectivity index (χ0v) is 24.4. The van der Waals surface area contributed by atoms with Crippen LogP contribution in [0.2, 0.25) is 0 Å². The molecule has 4 aromatic rings. The Bertz CT molecular complexity index is 1550. The van der Waals surface area contributed by atoms with Gasteiger partial charge in [0, 0.05) is 81.0 Å². The Kier molecular flexibility index (Phi) is 8.62. The minimum Gasteiger partial charge on any atom is -0.494 e. The van der Waals surface area contributed by atoms with Crippen LogP contribution in [0, 0.1) is 11.6 Å². The number of nitrogens with one attached hydrogen (secondary N) is 2. The van der Waals surface area contributed by atoms with Crippen molar-refractivity contribution in [1.29, 1.82) is 0 Å². The van der Waals surface area contributed by atoms with Gasteiger partial charge in [-0.05, 0) is 44.2 Å². The number of aromatic nitrogens is 3. The number of nitrogens with zero attached hydrogens (tertiary/aromatic N) is 6. The zero-order valence-electron chi connectivity index (χ0n) is 24.4. The van der Waals surface area contributed by atoms with Gasteiger partial charge >= 0.3 is 0 Å². The molecule has 2 aliphatic rings. The average Bonchev–Trinajstić information content (AvgIpc) is 3.02. The van der Waals surface area contributed by atoms with Gasteiger partial charge < -0.3 is 25.2 Å². The number of halogens is 2. The van der Waals surface area contributed by atoms with E-state index in [0.717, 1.165) is 52.1 Å². The van der Waals surface area contributed by atoms with E-state index in [9.17, 15) is 4.39 Å². The molecular weight excluding hydrogens is 550 g/mol. The van der Waals surface area contributed by atoms with Gasteiger partial charge in [-0.1, -0.05) is 12.1 Å². The molecule has 2 aromatic carbocycles. The van der Waals surface area contributed by atoms with E-state index in [1.54, 1.807) is 55.8 Å². The second-order valence-corrected chi connectivity index (χ2v) is 11.0. The van der Waals surface area contributed by atoms with E-state index in [-0.39, 0.29) is 11.6 Å². The summed E-state index contributed by atoms with van der Waals surface area (Å²) in [6, 6.07) is 15.5. The summed E-state index contributed by atoms with van der Waals surface area (Å²) in [6.45, 7) is 6.01. The summed E-state index contributed by atoms with van der Waals surface area (Å²) in [5.41, 5.74) is 2.61. The third kappa shape index (κ3) is 6.68. The number of piperidine rings is 1. The molecule has 0 saturated carbocycles. The molecule has 2 fully saturated rings. The van der Waals surface area contributed by atoms with Crippen molar-refractivity contribution in [3.05, 3.63) is 78.8 Å². The zero-order chi connectivity index (χ0) is 29.8. The molecule has 2 saturated heterocycles. The molecule has 2 aliphatic heterocycles. The standard InChI is InChI=1S/C32H36F2N8O/c1-40-13-15-41(16-14-40)23-8-11-42(12-9-23)29-19-30(43-2)28(18-26(29)34)39-32-20-31(36-21-37-32)38-22-7-10-35-27(17-22)24-5-3-4-6-25(24)33/h3-7,10,17-21,23H,8-9,11-16H2,1-2H3,(H2,35,36,37,38,39). The number of likely N-dealkylation sites (N-methyl/N-ethyl adjacent to an activating group) is 1. The largest absolute Gasteiger partial charge is 0.494 e. The molecule has 0 aliphatic carbocycles. The Morgan fingerprint density at radius 2 is 1.56 bits per heavy atom. The minimum atomic E-state index is -0.344. The second kappa shape index (κ2) is 12.9. The van der Waals surface area contributed by atoms with Crippen molar-refractivity contribution in [2.45, 2.75) is 18.9 Å². The van der Waals surface area contributed by atoms with Crippen LogP contribution in [0.15, 0.2) is 67.1 Å². The van der Waals surface area contributed by atoms with Gasteiger partial charge in [-0.3, -0.25) is 9.88 Å². The maximum Gasteiger partial charge on any atom is 0.148 e. The first-order valence-electron chi connectivity index (χ1n) is 14.6. The monoisotopic (exact) mass is 586 g/mol. The summed E-state index contributed by atoms with van der Waals surface area (Å²) < 4.78 is 35.4. The molecule has 4 heterocycles. The molecule has 0 amide bonds. The number of methoxy groups -OCH3 is 1. The third-order valence-corrected chi connectivity index (χ3v) is 8.24. The maximum absolute atomic E-state index is 15.5. The third-order valence-electron chi connectivity index (χ3n) is 8.24. The number of piperazine rings is 1. The Morgan fingerprint density at radius 1 is 0.814 bits per heavy atom. The van der Waals surface area contributed by atoms with E-state index < -0.39 is 0 Å². The van der Waals surface area contributed by atoms with Gasteiger partial charge in [0.25, 0.3) is 0 Å². The van der Waals surface area contributed by atoms with Crippen LogP contribution >= 0.6 is 0 Å². The molecule has 6 rings (SSSR count). The summed E-state index contributed by atoms with van der Waals surface area (Å²) in [7, 11) is 3.74. The van der Waals surface area contributed by atoms with Crippen LogP contribution in [-0.4, -0.2) is 84.2 Å². The van der Waals surface area contributed by atoms with Crippen LogP contribution < -0.4 is 20.3 Å². The Labute approximate surface area is 250 Å². The Hall–Kier alpha value is -4.35. The van der Waals surface area contributed by atoms with Crippen LogP contribution in [0.1, 0.15) is 12.8 Å². The molecule has 224 valence electrons. The van der Waals surface area contributed by atoms with Crippen LogP contribution in [0.3, 0.4) is 0 Å². The van der Waals surface area contributed by atoms with Crippen molar-refractivity contribution < 1.29 is 13.5 Å². The Morgan fingerprint density at radius 3 is 2.30 bits per heavy atom. The number of anilines is 5. The van der Waals surface area contributed by atoms with Crippen LogP contribution in [-0.2, 0) is 0 Å². The van der Waals surface area contributed by atoms with Gasteiger partial charge in [0.1, 0.15) is 35.3 Å². The van der Waals surface area contributed by atoms with Crippen LogP contribution in [0.4, 0.5) is 37.5 Å². The summed E-state index contributed by atoms with van der Waals surface area (Å²) in [5, 5.41) is 6.38. The molecule has 0 spiro atoms. The molecular formula is C32H36F2N8O. The lowest BCUT2D eigenvalue weighted by molar-refractivity contribution is 0.0981. The maximum atomic E-state index is 15.5. The topological polar surface area (TPSA) is 81.7 Å². The van der Waals surface area contributed by atoms with E-state index in [0.29, 0.717) is 51.7 Å². The molecule has 0 atom stereocenters. The number of rotatable bonds is 8. The normalized spacial score (nSPS) is 16.7. The Balaban J connectivity index is 1.13. The van der Waals surface area contributed by atoms with Gasteiger partial charge in [-0.2, -0.15) is 0 Å². The summed E-state index contributed by atoms with van der Waals surface area (Å²) in [5.74, 6) is 0.824.